The smallest absolute Gasteiger partial charge is 0.373 e. The Morgan fingerprint density at radius 1 is 1.39 bits per heavy atom. The molecular formula is C11H12BrF3N2O. The lowest BCUT2D eigenvalue weighted by atomic mass is 10.2. The molecule has 0 saturated carbocycles. The quantitative estimate of drug-likeness (QED) is 0.894. The first-order chi connectivity index (χ1) is 8.29. The van der Waals surface area contributed by atoms with Crippen molar-refractivity contribution in [2.75, 3.05) is 11.9 Å². The Bertz CT molecular complexity index is 423. The molecule has 3 nitrogen and oxygen atoms in total. The molecule has 0 aliphatic heterocycles. The molecule has 0 heterocycles. The van der Waals surface area contributed by atoms with Gasteiger partial charge in [-0.15, -0.1) is 0 Å². The van der Waals surface area contributed by atoms with Crippen molar-refractivity contribution < 1.29 is 18.0 Å². The van der Waals surface area contributed by atoms with E-state index in [9.17, 15) is 18.0 Å². The van der Waals surface area contributed by atoms with Gasteiger partial charge in [0.15, 0.2) is 0 Å². The molecule has 100 valence electrons. The zero-order valence-corrected chi connectivity index (χ0v) is 11.1. The summed E-state index contributed by atoms with van der Waals surface area (Å²) in [5, 5.41) is 4.64. The van der Waals surface area contributed by atoms with E-state index >= 15 is 0 Å². The van der Waals surface area contributed by atoms with Gasteiger partial charge >= 0.3 is 6.18 Å². The van der Waals surface area contributed by atoms with Crippen LogP contribution in [0.25, 0.3) is 0 Å². The first-order valence-corrected chi connectivity index (χ1v) is 5.94. The first kappa shape index (κ1) is 14.8. The number of nitrogens with one attached hydrogen (secondary N) is 2. The van der Waals surface area contributed by atoms with Crippen molar-refractivity contribution in [3.8, 4) is 0 Å². The summed E-state index contributed by atoms with van der Waals surface area (Å²) >= 11 is 3.27. The predicted molar refractivity (Wildman–Crippen MR) is 66.3 cm³/mol. The highest BCUT2D eigenvalue weighted by atomic mass is 79.9. The number of hydrogen-bond donors (Lipinski definition) is 2. The topological polar surface area (TPSA) is 41.1 Å². The molecule has 1 rings (SSSR count). The summed E-state index contributed by atoms with van der Waals surface area (Å²) in [5.41, 5.74) is 0.646. The summed E-state index contributed by atoms with van der Waals surface area (Å²) in [7, 11) is 0. The Balaban J connectivity index is 2.53. The Morgan fingerprint density at radius 3 is 2.56 bits per heavy atom. The molecule has 1 aromatic carbocycles. The van der Waals surface area contributed by atoms with Crippen LogP contribution >= 0.6 is 15.9 Å². The maximum Gasteiger partial charge on any atom is 0.405 e. The van der Waals surface area contributed by atoms with E-state index in [1.807, 2.05) is 5.32 Å². The predicted octanol–water partition coefficient (Wildman–Crippen LogP) is 2.93. The molecule has 0 spiro atoms. The fourth-order valence-corrected chi connectivity index (χ4v) is 1.62. The van der Waals surface area contributed by atoms with E-state index < -0.39 is 24.7 Å². The van der Waals surface area contributed by atoms with Crippen molar-refractivity contribution in [3.05, 3.63) is 28.7 Å². The summed E-state index contributed by atoms with van der Waals surface area (Å²) in [5.74, 6) is -0.705. The van der Waals surface area contributed by atoms with Crippen molar-refractivity contribution in [1.82, 2.24) is 5.32 Å². The average molecular weight is 325 g/mol. The van der Waals surface area contributed by atoms with Crippen LogP contribution in [-0.2, 0) is 4.79 Å². The van der Waals surface area contributed by atoms with E-state index in [2.05, 4.69) is 21.2 Å². The number of alkyl halides is 3. The van der Waals surface area contributed by atoms with E-state index in [0.717, 1.165) is 4.47 Å². The largest absolute Gasteiger partial charge is 0.405 e. The van der Waals surface area contributed by atoms with Gasteiger partial charge in [-0.25, -0.2) is 0 Å². The molecule has 1 unspecified atom stereocenters. The molecule has 7 heteroatoms. The van der Waals surface area contributed by atoms with Gasteiger partial charge in [0, 0.05) is 10.2 Å². The van der Waals surface area contributed by atoms with Gasteiger partial charge in [0.05, 0.1) is 0 Å². The van der Waals surface area contributed by atoms with E-state index in [1.165, 1.54) is 6.92 Å². The fourth-order valence-electron chi connectivity index (χ4n) is 1.22. The normalized spacial score (nSPS) is 12.9. The molecule has 2 N–H and O–H groups in total. The molecule has 1 atom stereocenters. The summed E-state index contributed by atoms with van der Waals surface area (Å²) in [6.07, 6.45) is -4.40. The van der Waals surface area contributed by atoms with Gasteiger partial charge in [-0.2, -0.15) is 13.2 Å². The van der Waals surface area contributed by atoms with Crippen LogP contribution in [0, 0.1) is 0 Å². The Labute approximate surface area is 111 Å². The second kappa shape index (κ2) is 6.08. The van der Waals surface area contributed by atoms with Crippen LogP contribution in [0.3, 0.4) is 0 Å². The van der Waals surface area contributed by atoms with Crippen molar-refractivity contribution >= 4 is 27.5 Å². The molecule has 0 aliphatic carbocycles. The van der Waals surface area contributed by atoms with Crippen LogP contribution in [0.5, 0.6) is 0 Å². The van der Waals surface area contributed by atoms with Crippen LogP contribution in [0.15, 0.2) is 28.7 Å². The summed E-state index contributed by atoms with van der Waals surface area (Å²) < 4.78 is 36.5. The maximum absolute atomic E-state index is 11.9. The molecule has 0 aliphatic rings. The minimum Gasteiger partial charge on any atom is -0.373 e. The fraction of sp³-hybridized carbons (Fsp3) is 0.364. The molecule has 18 heavy (non-hydrogen) atoms. The third-order valence-corrected chi connectivity index (χ3v) is 2.79. The Kier molecular flexibility index (Phi) is 5.01. The molecule has 0 radical (unpaired) electrons. The Hall–Kier alpha value is -1.24. The second-order valence-electron chi connectivity index (χ2n) is 3.68. The van der Waals surface area contributed by atoms with Gasteiger partial charge in [-0.3, -0.25) is 4.79 Å². The SMILES string of the molecule is CC(Nc1ccccc1Br)C(=O)NCC(F)(F)F. The minimum atomic E-state index is -4.40. The van der Waals surface area contributed by atoms with Gasteiger partial charge in [-0.1, -0.05) is 12.1 Å². The maximum atomic E-state index is 11.9. The molecule has 1 amide bonds. The van der Waals surface area contributed by atoms with Crippen LogP contribution < -0.4 is 10.6 Å². The molecule has 0 saturated heterocycles. The lowest BCUT2D eigenvalue weighted by molar-refractivity contribution is -0.138. The van der Waals surface area contributed by atoms with Crippen molar-refractivity contribution in [3.63, 3.8) is 0 Å². The zero-order valence-electron chi connectivity index (χ0n) is 9.51. The third kappa shape index (κ3) is 4.95. The van der Waals surface area contributed by atoms with E-state index in [-0.39, 0.29) is 0 Å². The number of amides is 1. The standard InChI is InChI=1S/C11H12BrF3N2O/c1-7(10(18)16-6-11(13,14)15)17-9-5-3-2-4-8(9)12/h2-5,7,17H,6H2,1H3,(H,16,18). The van der Waals surface area contributed by atoms with Crippen LogP contribution in [-0.4, -0.2) is 24.7 Å². The highest BCUT2D eigenvalue weighted by molar-refractivity contribution is 9.10. The molecule has 0 aromatic heterocycles. The average Bonchev–Trinajstić information content (AvgIpc) is 2.28. The number of anilines is 1. The second-order valence-corrected chi connectivity index (χ2v) is 4.53. The van der Waals surface area contributed by atoms with Crippen molar-refractivity contribution in [1.29, 1.82) is 0 Å². The summed E-state index contributed by atoms with van der Waals surface area (Å²) in [6, 6.07) is 6.28. The Morgan fingerprint density at radius 2 is 2.00 bits per heavy atom. The number of hydrogen-bond acceptors (Lipinski definition) is 2. The summed E-state index contributed by atoms with van der Waals surface area (Å²) in [4.78, 5) is 11.4. The lowest BCUT2D eigenvalue weighted by Gasteiger charge is -2.16. The van der Waals surface area contributed by atoms with Gasteiger partial charge in [0.1, 0.15) is 12.6 Å². The van der Waals surface area contributed by atoms with Gasteiger partial charge in [0.25, 0.3) is 0 Å². The highest BCUT2D eigenvalue weighted by Crippen LogP contribution is 2.21. The highest BCUT2D eigenvalue weighted by Gasteiger charge is 2.28. The molecule has 0 bridgehead atoms. The van der Waals surface area contributed by atoms with Crippen LogP contribution in [0.4, 0.5) is 18.9 Å². The van der Waals surface area contributed by atoms with Crippen LogP contribution in [0.2, 0.25) is 0 Å². The van der Waals surface area contributed by atoms with Gasteiger partial charge in [0.2, 0.25) is 5.91 Å². The summed E-state index contributed by atoms with van der Waals surface area (Å²) in [6.45, 7) is 0.166. The van der Waals surface area contributed by atoms with Gasteiger partial charge in [-0.05, 0) is 35.0 Å². The zero-order chi connectivity index (χ0) is 13.8. The minimum absolute atomic E-state index is 0.646. The monoisotopic (exact) mass is 324 g/mol. The number of carbonyl (C=O) groups excluding carboxylic acids is 1. The van der Waals surface area contributed by atoms with E-state index in [0.29, 0.717) is 5.69 Å². The van der Waals surface area contributed by atoms with Gasteiger partial charge < -0.3 is 10.6 Å². The van der Waals surface area contributed by atoms with Crippen LogP contribution in [0.1, 0.15) is 6.92 Å². The number of halogens is 4. The lowest BCUT2D eigenvalue weighted by Crippen LogP contribution is -2.42. The van der Waals surface area contributed by atoms with E-state index in [4.69, 9.17) is 0 Å². The first-order valence-electron chi connectivity index (χ1n) is 5.15. The molecular weight excluding hydrogens is 313 g/mol. The molecule has 0 fully saturated rings. The number of rotatable bonds is 4. The third-order valence-electron chi connectivity index (χ3n) is 2.10. The number of benzene rings is 1. The van der Waals surface area contributed by atoms with Crippen molar-refractivity contribution in [2.45, 2.75) is 19.1 Å². The number of carbonyl (C=O) groups is 1. The number of para-hydroxylation sites is 1. The molecule has 1 aromatic rings. The van der Waals surface area contributed by atoms with Crippen molar-refractivity contribution in [2.24, 2.45) is 0 Å². The van der Waals surface area contributed by atoms with E-state index in [1.54, 1.807) is 24.3 Å².